The highest BCUT2D eigenvalue weighted by molar-refractivity contribution is 7.10. The molecule has 4 heterocycles. The SMILES string of the molecule is CNC(=O)C1Cc2c([nH]c3ccc(F)cc23)CN1C(=O)c1ncsc1CNc1ccc2nccnc2c1. The van der Waals surface area contributed by atoms with Gasteiger partial charge in [-0.05, 0) is 42.0 Å². The zero-order valence-electron chi connectivity index (χ0n) is 19.8. The number of benzene rings is 2. The number of aromatic nitrogens is 4. The second kappa shape index (κ2) is 9.25. The lowest BCUT2D eigenvalue weighted by Crippen LogP contribution is -2.52. The number of H-pyrrole nitrogens is 1. The van der Waals surface area contributed by atoms with Crippen molar-refractivity contribution in [3.63, 3.8) is 0 Å². The second-order valence-corrected chi connectivity index (χ2v) is 9.72. The number of aromatic amines is 1. The molecule has 3 aromatic heterocycles. The van der Waals surface area contributed by atoms with Gasteiger partial charge in [-0.25, -0.2) is 9.37 Å². The zero-order chi connectivity index (χ0) is 25.5. The molecule has 0 saturated carbocycles. The molecule has 0 fully saturated rings. The van der Waals surface area contributed by atoms with Crippen molar-refractivity contribution in [2.24, 2.45) is 0 Å². The van der Waals surface area contributed by atoms with Crippen LogP contribution in [0.4, 0.5) is 10.1 Å². The maximum atomic E-state index is 13.9. The molecule has 1 aliphatic heterocycles. The van der Waals surface area contributed by atoms with Crippen LogP contribution in [-0.4, -0.2) is 49.7 Å². The number of hydrogen-bond acceptors (Lipinski definition) is 7. The standard InChI is InChI=1S/C26H22FN7O2S/c1-28-25(35)22-10-17-16-8-14(27)2-4-18(16)33-21(17)12-34(22)26(36)24-23(37-13-32-24)11-31-15-3-5-19-20(9-15)30-7-6-29-19/h2-9,13,22,31,33H,10-12H2,1H3,(H,28,35). The van der Waals surface area contributed by atoms with E-state index in [1.807, 2.05) is 18.2 Å². The van der Waals surface area contributed by atoms with Crippen molar-refractivity contribution in [1.82, 2.24) is 30.2 Å². The minimum Gasteiger partial charge on any atom is -0.380 e. The smallest absolute Gasteiger partial charge is 0.274 e. The Morgan fingerprint density at radius 3 is 2.81 bits per heavy atom. The van der Waals surface area contributed by atoms with Crippen LogP contribution in [0.25, 0.3) is 21.9 Å². The lowest BCUT2D eigenvalue weighted by Gasteiger charge is -2.34. The first-order valence-corrected chi connectivity index (χ1v) is 12.6. The molecule has 0 spiro atoms. The molecular formula is C26H22FN7O2S. The van der Waals surface area contributed by atoms with E-state index in [0.29, 0.717) is 12.2 Å². The topological polar surface area (TPSA) is 116 Å². The van der Waals surface area contributed by atoms with Gasteiger partial charge in [0.15, 0.2) is 0 Å². The number of hydrogen-bond donors (Lipinski definition) is 3. The molecule has 3 N–H and O–H groups in total. The molecule has 0 bridgehead atoms. The van der Waals surface area contributed by atoms with E-state index in [1.54, 1.807) is 31.0 Å². The molecule has 9 nitrogen and oxygen atoms in total. The van der Waals surface area contributed by atoms with Gasteiger partial charge < -0.3 is 20.5 Å². The van der Waals surface area contributed by atoms with Gasteiger partial charge in [0.25, 0.3) is 5.91 Å². The van der Waals surface area contributed by atoms with Crippen LogP contribution in [0, 0.1) is 5.82 Å². The van der Waals surface area contributed by atoms with Crippen molar-refractivity contribution in [1.29, 1.82) is 0 Å². The summed E-state index contributed by atoms with van der Waals surface area (Å²) < 4.78 is 13.9. The molecule has 0 saturated heterocycles. The van der Waals surface area contributed by atoms with Gasteiger partial charge >= 0.3 is 0 Å². The summed E-state index contributed by atoms with van der Waals surface area (Å²) in [6.07, 6.45) is 3.57. The molecule has 2 aromatic carbocycles. The van der Waals surface area contributed by atoms with Crippen molar-refractivity contribution in [2.75, 3.05) is 12.4 Å². The number of amides is 2. The fraction of sp³-hybridized carbons (Fsp3) is 0.192. The molecule has 6 rings (SSSR count). The van der Waals surface area contributed by atoms with E-state index < -0.39 is 6.04 Å². The van der Waals surface area contributed by atoms with Gasteiger partial charge in [-0.15, -0.1) is 11.3 Å². The predicted molar refractivity (Wildman–Crippen MR) is 139 cm³/mol. The summed E-state index contributed by atoms with van der Waals surface area (Å²) in [7, 11) is 1.54. The average molecular weight is 516 g/mol. The van der Waals surface area contributed by atoms with E-state index in [4.69, 9.17) is 0 Å². The fourth-order valence-electron chi connectivity index (χ4n) is 4.80. The highest BCUT2D eigenvalue weighted by Crippen LogP contribution is 2.32. The Bertz CT molecular complexity index is 1660. The summed E-state index contributed by atoms with van der Waals surface area (Å²) in [5.41, 5.74) is 6.76. The molecule has 2 amide bonds. The van der Waals surface area contributed by atoms with Crippen LogP contribution in [0.3, 0.4) is 0 Å². The Hall–Kier alpha value is -4.38. The quantitative estimate of drug-likeness (QED) is 0.329. The number of nitrogens with zero attached hydrogens (tertiary/aromatic N) is 4. The Balaban J connectivity index is 1.27. The number of halogens is 1. The molecular weight excluding hydrogens is 493 g/mol. The Morgan fingerprint density at radius 1 is 1.14 bits per heavy atom. The highest BCUT2D eigenvalue weighted by Gasteiger charge is 2.37. The molecule has 5 aromatic rings. The van der Waals surface area contributed by atoms with Crippen LogP contribution >= 0.6 is 11.3 Å². The monoisotopic (exact) mass is 515 g/mol. The maximum Gasteiger partial charge on any atom is 0.274 e. The number of likely N-dealkylation sites (N-methyl/N-ethyl adjacent to an activating group) is 1. The number of rotatable bonds is 5. The maximum absolute atomic E-state index is 13.9. The Labute approximate surface area is 214 Å². The van der Waals surface area contributed by atoms with Gasteiger partial charge in [0, 0.05) is 48.1 Å². The van der Waals surface area contributed by atoms with E-state index in [1.165, 1.54) is 28.4 Å². The predicted octanol–water partition coefficient (Wildman–Crippen LogP) is 3.63. The van der Waals surface area contributed by atoms with Crippen LogP contribution < -0.4 is 10.6 Å². The first kappa shape index (κ1) is 23.0. The number of carbonyl (C=O) groups excluding carboxylic acids is 2. The van der Waals surface area contributed by atoms with Gasteiger partial charge in [0.2, 0.25) is 5.91 Å². The number of fused-ring (bicyclic) bond motifs is 4. The third kappa shape index (κ3) is 4.16. The minimum atomic E-state index is -0.742. The van der Waals surface area contributed by atoms with Gasteiger partial charge in [-0.3, -0.25) is 19.6 Å². The normalized spacial score (nSPS) is 15.1. The number of thiazole rings is 1. The van der Waals surface area contributed by atoms with Crippen LogP contribution in [0.1, 0.15) is 26.6 Å². The fourth-order valence-corrected chi connectivity index (χ4v) is 5.50. The second-order valence-electron chi connectivity index (χ2n) is 8.78. The van der Waals surface area contributed by atoms with Crippen molar-refractivity contribution in [2.45, 2.75) is 25.6 Å². The van der Waals surface area contributed by atoms with Crippen molar-refractivity contribution < 1.29 is 14.0 Å². The van der Waals surface area contributed by atoms with Crippen LogP contribution in [0.5, 0.6) is 0 Å². The minimum absolute atomic E-state index is 0.191. The largest absolute Gasteiger partial charge is 0.380 e. The molecule has 37 heavy (non-hydrogen) atoms. The molecule has 0 radical (unpaired) electrons. The van der Waals surface area contributed by atoms with Crippen molar-refractivity contribution >= 4 is 50.8 Å². The van der Waals surface area contributed by atoms with Crippen LogP contribution in [0.15, 0.2) is 54.3 Å². The van der Waals surface area contributed by atoms with Crippen molar-refractivity contribution in [3.8, 4) is 0 Å². The molecule has 1 aliphatic rings. The first-order valence-electron chi connectivity index (χ1n) is 11.7. The lowest BCUT2D eigenvalue weighted by molar-refractivity contribution is -0.125. The molecule has 1 atom stereocenters. The third-order valence-electron chi connectivity index (χ3n) is 6.63. The van der Waals surface area contributed by atoms with Crippen LogP contribution in [-0.2, 0) is 24.3 Å². The molecule has 0 aliphatic carbocycles. The van der Waals surface area contributed by atoms with Gasteiger partial charge in [-0.1, -0.05) is 0 Å². The average Bonchev–Trinajstić information content (AvgIpc) is 3.54. The van der Waals surface area contributed by atoms with E-state index in [0.717, 1.165) is 43.8 Å². The lowest BCUT2D eigenvalue weighted by atomic mass is 9.95. The highest BCUT2D eigenvalue weighted by atomic mass is 32.1. The van der Waals surface area contributed by atoms with Gasteiger partial charge in [-0.2, -0.15) is 0 Å². The van der Waals surface area contributed by atoms with Gasteiger partial charge in [0.1, 0.15) is 17.6 Å². The first-order chi connectivity index (χ1) is 18.0. The Morgan fingerprint density at radius 2 is 1.97 bits per heavy atom. The van der Waals surface area contributed by atoms with Gasteiger partial charge in [0.05, 0.1) is 34.5 Å². The summed E-state index contributed by atoms with van der Waals surface area (Å²) in [5, 5.41) is 6.73. The molecule has 11 heteroatoms. The summed E-state index contributed by atoms with van der Waals surface area (Å²) >= 11 is 1.37. The van der Waals surface area contributed by atoms with E-state index in [2.05, 4.69) is 30.6 Å². The number of nitrogens with one attached hydrogen (secondary N) is 3. The molecule has 1 unspecified atom stereocenters. The summed E-state index contributed by atoms with van der Waals surface area (Å²) in [6.45, 7) is 0.573. The Kier molecular flexibility index (Phi) is 5.76. The summed E-state index contributed by atoms with van der Waals surface area (Å²) in [6, 6.07) is 9.48. The molecule has 186 valence electrons. The van der Waals surface area contributed by atoms with Crippen LogP contribution in [0.2, 0.25) is 0 Å². The van der Waals surface area contributed by atoms with E-state index in [-0.39, 0.29) is 30.6 Å². The van der Waals surface area contributed by atoms with E-state index in [9.17, 15) is 14.0 Å². The summed E-state index contributed by atoms with van der Waals surface area (Å²) in [4.78, 5) is 45.2. The van der Waals surface area contributed by atoms with E-state index >= 15 is 0 Å². The van der Waals surface area contributed by atoms with Crippen molar-refractivity contribution in [3.05, 3.63) is 81.9 Å². The summed E-state index contributed by atoms with van der Waals surface area (Å²) in [5.74, 6) is -0.953. The third-order valence-corrected chi connectivity index (χ3v) is 7.47. The number of carbonyl (C=O) groups is 2. The zero-order valence-corrected chi connectivity index (χ0v) is 20.6. The number of anilines is 1.